The number of hydrogen-bond donors (Lipinski definition) is 1. The van der Waals surface area contributed by atoms with Gasteiger partial charge in [-0.05, 0) is 61.0 Å². The minimum atomic E-state index is -0.296. The number of rotatable bonds is 9. The highest BCUT2D eigenvalue weighted by Gasteiger charge is 2.17. The quantitative estimate of drug-likeness (QED) is 0.181. The van der Waals surface area contributed by atoms with Crippen molar-refractivity contribution in [2.45, 2.75) is 12.1 Å². The average molecular weight is 527 g/mol. The van der Waals surface area contributed by atoms with Crippen molar-refractivity contribution in [1.29, 1.82) is 0 Å². The lowest BCUT2D eigenvalue weighted by atomic mass is 10.2. The van der Waals surface area contributed by atoms with Gasteiger partial charge in [0.1, 0.15) is 5.75 Å². The molecule has 2 aromatic carbocycles. The Balaban J connectivity index is 1.50. The molecule has 0 aliphatic rings. The molecule has 1 N–H and O–H groups in total. The fraction of sp³-hybridized carbons (Fsp3) is 0.125. The molecule has 4 rings (SSSR count). The predicted molar refractivity (Wildman–Crippen MR) is 139 cm³/mol. The number of nitrogens with zero attached hydrogens (tertiary/aromatic N) is 5. The highest BCUT2D eigenvalue weighted by atomic mass is 35.5. The Hall–Kier alpha value is -3.40. The summed E-state index contributed by atoms with van der Waals surface area (Å²) in [5.74, 6) is 1.17. The van der Waals surface area contributed by atoms with Gasteiger partial charge in [-0.1, -0.05) is 41.0 Å². The van der Waals surface area contributed by atoms with Crippen LogP contribution in [0.1, 0.15) is 12.5 Å². The van der Waals surface area contributed by atoms with Crippen LogP contribution in [0.25, 0.3) is 17.1 Å². The number of thioether (sulfide) groups is 1. The van der Waals surface area contributed by atoms with E-state index in [1.54, 1.807) is 30.6 Å². The molecule has 2 aromatic heterocycles. The van der Waals surface area contributed by atoms with Gasteiger partial charge < -0.3 is 4.74 Å². The van der Waals surface area contributed by atoms with Crippen LogP contribution in [0.15, 0.2) is 77.2 Å². The number of nitrogens with one attached hydrogen (secondary N) is 1. The van der Waals surface area contributed by atoms with Crippen molar-refractivity contribution >= 4 is 47.1 Å². The molecule has 0 fully saturated rings. The Bertz CT molecular complexity index is 1330. The van der Waals surface area contributed by atoms with Gasteiger partial charge in [0.05, 0.1) is 28.6 Å². The van der Waals surface area contributed by atoms with Crippen LogP contribution in [0.2, 0.25) is 10.0 Å². The number of hydrazone groups is 1. The molecule has 8 nitrogen and oxygen atoms in total. The van der Waals surface area contributed by atoms with Crippen molar-refractivity contribution in [2.75, 3.05) is 12.4 Å². The molecule has 0 spiro atoms. The van der Waals surface area contributed by atoms with E-state index in [0.717, 1.165) is 17.0 Å². The molecule has 0 aliphatic heterocycles. The van der Waals surface area contributed by atoms with Crippen LogP contribution in [0.3, 0.4) is 0 Å². The van der Waals surface area contributed by atoms with E-state index in [1.165, 1.54) is 18.0 Å². The number of benzene rings is 2. The topological polar surface area (TPSA) is 94.3 Å². The molecule has 0 unspecified atom stereocenters. The Morgan fingerprint density at radius 1 is 1.14 bits per heavy atom. The summed E-state index contributed by atoms with van der Waals surface area (Å²) >= 11 is 13.2. The zero-order valence-electron chi connectivity index (χ0n) is 18.6. The third-order valence-electron chi connectivity index (χ3n) is 4.64. The molecule has 2 heterocycles. The number of carbonyl (C=O) groups is 1. The standard InChI is InChI=1S/C24H20Cl2N6O2S/c1-2-34-19-8-6-18(7-9-19)32-23(17-4-3-11-27-14-17)30-31-24(32)35-15-22(33)29-28-13-16-5-10-20(25)21(26)12-16/h3-14H,2,15H2,1H3,(H,29,33)/b28-13-. The maximum atomic E-state index is 12.4. The summed E-state index contributed by atoms with van der Waals surface area (Å²) in [4.78, 5) is 16.6. The summed E-state index contributed by atoms with van der Waals surface area (Å²) in [6.07, 6.45) is 4.90. The lowest BCUT2D eigenvalue weighted by molar-refractivity contribution is -0.118. The van der Waals surface area contributed by atoms with Crippen molar-refractivity contribution < 1.29 is 9.53 Å². The SMILES string of the molecule is CCOc1ccc(-n2c(SCC(=O)N/N=C\c3ccc(Cl)c(Cl)c3)nnc2-c2cccnc2)cc1. The van der Waals surface area contributed by atoms with Crippen molar-refractivity contribution in [1.82, 2.24) is 25.2 Å². The van der Waals surface area contributed by atoms with Gasteiger partial charge in [-0.15, -0.1) is 10.2 Å². The molecule has 1 amide bonds. The highest BCUT2D eigenvalue weighted by molar-refractivity contribution is 7.99. The number of amides is 1. The van der Waals surface area contributed by atoms with Crippen LogP contribution in [0.4, 0.5) is 0 Å². The highest BCUT2D eigenvalue weighted by Crippen LogP contribution is 2.28. The van der Waals surface area contributed by atoms with E-state index >= 15 is 0 Å². The largest absolute Gasteiger partial charge is 0.494 e. The van der Waals surface area contributed by atoms with E-state index < -0.39 is 0 Å². The first kappa shape index (κ1) is 24.7. The number of carbonyl (C=O) groups excluding carboxylic acids is 1. The fourth-order valence-corrected chi connectivity index (χ4v) is 4.12. The minimum absolute atomic E-state index is 0.0842. The predicted octanol–water partition coefficient (Wildman–Crippen LogP) is 5.28. The molecule has 178 valence electrons. The number of ether oxygens (including phenoxy) is 1. The molecule has 11 heteroatoms. The molecule has 0 aliphatic carbocycles. The normalized spacial score (nSPS) is 11.1. The molecule has 4 aromatic rings. The maximum Gasteiger partial charge on any atom is 0.250 e. The van der Waals surface area contributed by atoms with Crippen LogP contribution in [0, 0.1) is 0 Å². The van der Waals surface area contributed by atoms with Gasteiger partial charge >= 0.3 is 0 Å². The summed E-state index contributed by atoms with van der Waals surface area (Å²) in [7, 11) is 0. The Morgan fingerprint density at radius 2 is 1.97 bits per heavy atom. The van der Waals surface area contributed by atoms with E-state index in [1.807, 2.05) is 47.9 Å². The monoisotopic (exact) mass is 526 g/mol. The Labute approximate surface area is 216 Å². The number of hydrogen-bond acceptors (Lipinski definition) is 7. The second-order valence-electron chi connectivity index (χ2n) is 7.07. The molecular weight excluding hydrogens is 507 g/mol. The molecule has 0 radical (unpaired) electrons. The first-order valence-electron chi connectivity index (χ1n) is 10.5. The van der Waals surface area contributed by atoms with Gasteiger partial charge in [0.2, 0.25) is 0 Å². The van der Waals surface area contributed by atoms with Gasteiger partial charge in [-0.25, -0.2) is 5.43 Å². The van der Waals surface area contributed by atoms with Gasteiger partial charge in [-0.2, -0.15) is 5.10 Å². The number of aromatic nitrogens is 4. The zero-order chi connectivity index (χ0) is 24.6. The third kappa shape index (κ3) is 6.39. The molecule has 0 saturated carbocycles. The Morgan fingerprint density at radius 3 is 2.69 bits per heavy atom. The lowest BCUT2D eigenvalue weighted by Crippen LogP contribution is -2.20. The lowest BCUT2D eigenvalue weighted by Gasteiger charge is -2.11. The van der Waals surface area contributed by atoms with E-state index in [9.17, 15) is 4.79 Å². The molecule has 0 atom stereocenters. The van der Waals surface area contributed by atoms with Gasteiger partial charge in [-0.3, -0.25) is 14.3 Å². The van der Waals surface area contributed by atoms with E-state index in [2.05, 4.69) is 25.7 Å². The van der Waals surface area contributed by atoms with E-state index in [4.69, 9.17) is 27.9 Å². The molecule has 0 saturated heterocycles. The molecule has 0 bridgehead atoms. The maximum absolute atomic E-state index is 12.4. The van der Waals surface area contributed by atoms with Gasteiger partial charge in [0.15, 0.2) is 11.0 Å². The van der Waals surface area contributed by atoms with Gasteiger partial charge in [0, 0.05) is 23.6 Å². The summed E-state index contributed by atoms with van der Waals surface area (Å²) in [5, 5.41) is 14.1. The number of pyridine rings is 1. The smallest absolute Gasteiger partial charge is 0.250 e. The van der Waals surface area contributed by atoms with Crippen molar-refractivity contribution in [3.8, 4) is 22.8 Å². The molecule has 35 heavy (non-hydrogen) atoms. The third-order valence-corrected chi connectivity index (χ3v) is 6.31. The fourth-order valence-electron chi connectivity index (χ4n) is 3.07. The van der Waals surface area contributed by atoms with E-state index in [-0.39, 0.29) is 11.7 Å². The van der Waals surface area contributed by atoms with Crippen molar-refractivity contribution in [3.63, 3.8) is 0 Å². The van der Waals surface area contributed by atoms with Crippen LogP contribution in [0.5, 0.6) is 5.75 Å². The van der Waals surface area contributed by atoms with Crippen LogP contribution in [-0.4, -0.2) is 44.2 Å². The zero-order valence-corrected chi connectivity index (χ0v) is 20.9. The van der Waals surface area contributed by atoms with Crippen molar-refractivity contribution in [2.24, 2.45) is 5.10 Å². The summed E-state index contributed by atoms with van der Waals surface area (Å²) in [6, 6.07) is 16.4. The first-order chi connectivity index (χ1) is 17.0. The minimum Gasteiger partial charge on any atom is -0.494 e. The second kappa shape index (κ2) is 11.8. The van der Waals surface area contributed by atoms with Gasteiger partial charge in [0.25, 0.3) is 5.91 Å². The van der Waals surface area contributed by atoms with Crippen LogP contribution in [-0.2, 0) is 4.79 Å². The summed E-state index contributed by atoms with van der Waals surface area (Å²) in [6.45, 7) is 2.51. The average Bonchev–Trinajstić information content (AvgIpc) is 3.30. The van der Waals surface area contributed by atoms with E-state index in [0.29, 0.717) is 33.2 Å². The van der Waals surface area contributed by atoms with Crippen LogP contribution >= 0.6 is 35.0 Å². The van der Waals surface area contributed by atoms with Crippen molar-refractivity contribution in [3.05, 3.63) is 82.6 Å². The summed E-state index contributed by atoms with van der Waals surface area (Å²) < 4.78 is 7.43. The van der Waals surface area contributed by atoms with Crippen LogP contribution < -0.4 is 10.2 Å². The first-order valence-corrected chi connectivity index (χ1v) is 12.3. The second-order valence-corrected chi connectivity index (χ2v) is 8.82. The summed E-state index contributed by atoms with van der Waals surface area (Å²) in [5.41, 5.74) is 4.85. The number of halogens is 2. The Kier molecular flexibility index (Phi) is 8.36. The molecular formula is C24H20Cl2N6O2S.